The molecule has 0 fully saturated rings. The highest BCUT2D eigenvalue weighted by molar-refractivity contribution is 7.02. The molecular formula is C60H44B2N2O2. The first-order valence-electron chi connectivity index (χ1n) is 23.2. The summed E-state index contributed by atoms with van der Waals surface area (Å²) in [4.78, 5) is 2.47. The number of anilines is 3. The highest BCUT2D eigenvalue weighted by Gasteiger charge is 2.51. The fraction of sp³-hybridized carbons (Fsp3) is 0.100. The third-order valence-corrected chi connectivity index (χ3v) is 14.8. The van der Waals surface area contributed by atoms with Crippen molar-refractivity contribution in [3.8, 4) is 50.9 Å². The molecule has 0 saturated carbocycles. The second-order valence-electron chi connectivity index (χ2n) is 19.3. The van der Waals surface area contributed by atoms with Crippen LogP contribution in [0.15, 0.2) is 158 Å². The maximum absolute atomic E-state index is 7.65. The number of aryl methyl sites for hydroxylation is 6. The summed E-state index contributed by atoms with van der Waals surface area (Å²) in [5, 5.41) is 2.51. The predicted molar refractivity (Wildman–Crippen MR) is 277 cm³/mol. The normalized spacial score (nSPS) is 13.5. The molecule has 0 bridgehead atoms. The van der Waals surface area contributed by atoms with Crippen LogP contribution in [0, 0.1) is 41.5 Å². The summed E-state index contributed by atoms with van der Waals surface area (Å²) in [5.74, 6) is 3.55. The molecule has 0 aliphatic carbocycles. The summed E-state index contributed by atoms with van der Waals surface area (Å²) in [6.07, 6.45) is 0. The van der Waals surface area contributed by atoms with E-state index in [4.69, 9.17) is 9.47 Å². The van der Waals surface area contributed by atoms with E-state index in [1.54, 1.807) is 0 Å². The van der Waals surface area contributed by atoms with Crippen LogP contribution in [0.5, 0.6) is 23.0 Å². The molecule has 0 amide bonds. The van der Waals surface area contributed by atoms with Gasteiger partial charge in [-0.15, -0.1) is 0 Å². The molecule has 0 unspecified atom stereocenters. The molecule has 10 aromatic rings. The van der Waals surface area contributed by atoms with Gasteiger partial charge in [0.2, 0.25) is 0 Å². The van der Waals surface area contributed by atoms with Gasteiger partial charge in [-0.2, -0.15) is 0 Å². The topological polar surface area (TPSA) is 26.6 Å². The van der Waals surface area contributed by atoms with E-state index in [9.17, 15) is 0 Å². The molecule has 1 aromatic heterocycles. The van der Waals surface area contributed by atoms with Crippen molar-refractivity contribution >= 4 is 85.1 Å². The van der Waals surface area contributed by atoms with Crippen molar-refractivity contribution in [2.75, 3.05) is 4.90 Å². The molecule has 4 nitrogen and oxygen atoms in total. The first-order chi connectivity index (χ1) is 32.2. The number of benzene rings is 9. The van der Waals surface area contributed by atoms with E-state index in [-0.39, 0.29) is 13.4 Å². The first-order valence-corrected chi connectivity index (χ1v) is 23.2. The molecule has 4 aliphatic rings. The Morgan fingerprint density at radius 2 is 0.864 bits per heavy atom. The summed E-state index contributed by atoms with van der Waals surface area (Å²) in [6.45, 7) is 12.8. The number of ether oxygens (including phenoxy) is 2. The minimum absolute atomic E-state index is 0.141. The summed E-state index contributed by atoms with van der Waals surface area (Å²) >= 11 is 0. The van der Waals surface area contributed by atoms with Crippen LogP contribution in [-0.4, -0.2) is 18.0 Å². The van der Waals surface area contributed by atoms with Crippen LogP contribution < -0.4 is 47.2 Å². The number of aromatic nitrogens is 1. The number of hydrogen-bond donors (Lipinski definition) is 0. The second kappa shape index (κ2) is 13.4. The third-order valence-electron chi connectivity index (χ3n) is 14.8. The molecule has 312 valence electrons. The van der Waals surface area contributed by atoms with Crippen LogP contribution in [0.1, 0.15) is 33.4 Å². The van der Waals surface area contributed by atoms with Gasteiger partial charge < -0.3 is 18.9 Å². The molecule has 4 aliphatic heterocycles. The van der Waals surface area contributed by atoms with Crippen LogP contribution in [0.4, 0.5) is 17.1 Å². The lowest BCUT2D eigenvalue weighted by atomic mass is 9.31. The zero-order valence-electron chi connectivity index (χ0n) is 37.9. The Hall–Kier alpha value is -7.69. The standard InChI is InChI=1S/C60H44B2N2O2/c1-33-7-15-39(16-8-33)41-19-25-52-47(31-41)61-46-29-37(5)14-24-51(46)63(43-21-11-35(3)12-22-43)57-54(61)60(66-52)58-55-59(57)65-53-26-20-42(40-17-9-34(2)10-18-40)32-48(53)62(55)49-30-38(6)28-45-44-27-36(4)13-23-50(44)64(58)56(45)49/h7-32H,1-6H3. The highest BCUT2D eigenvalue weighted by Crippen LogP contribution is 2.51. The molecule has 5 heterocycles. The van der Waals surface area contributed by atoms with Crippen molar-refractivity contribution in [1.82, 2.24) is 4.57 Å². The van der Waals surface area contributed by atoms with E-state index >= 15 is 0 Å². The van der Waals surface area contributed by atoms with E-state index in [2.05, 4.69) is 209 Å². The van der Waals surface area contributed by atoms with E-state index in [1.807, 2.05) is 0 Å². The average molecular weight is 847 g/mol. The molecule has 0 atom stereocenters. The Kier molecular flexibility index (Phi) is 7.67. The van der Waals surface area contributed by atoms with Crippen molar-refractivity contribution in [2.24, 2.45) is 0 Å². The van der Waals surface area contributed by atoms with Gasteiger partial charge in [0.25, 0.3) is 13.4 Å². The summed E-state index contributed by atoms with van der Waals surface area (Å²) in [5.41, 5.74) is 26.0. The van der Waals surface area contributed by atoms with Crippen molar-refractivity contribution < 1.29 is 9.47 Å². The van der Waals surface area contributed by atoms with Crippen LogP contribution in [0.2, 0.25) is 0 Å². The Morgan fingerprint density at radius 1 is 0.379 bits per heavy atom. The van der Waals surface area contributed by atoms with Gasteiger partial charge in [-0.05, 0) is 134 Å². The van der Waals surface area contributed by atoms with Crippen LogP contribution in [0.3, 0.4) is 0 Å². The van der Waals surface area contributed by atoms with Crippen molar-refractivity contribution in [3.63, 3.8) is 0 Å². The Morgan fingerprint density at radius 3 is 1.50 bits per heavy atom. The van der Waals surface area contributed by atoms with Gasteiger partial charge in [0.15, 0.2) is 0 Å². The van der Waals surface area contributed by atoms with Crippen molar-refractivity contribution in [3.05, 3.63) is 191 Å². The second-order valence-corrected chi connectivity index (χ2v) is 19.3. The molecule has 9 aromatic carbocycles. The van der Waals surface area contributed by atoms with Gasteiger partial charge >= 0.3 is 0 Å². The maximum Gasteiger partial charge on any atom is 0.256 e. The Bertz CT molecular complexity index is 3770. The predicted octanol–water partition coefficient (Wildman–Crippen LogP) is 11.3. The Balaban J connectivity index is 1.15. The maximum atomic E-state index is 7.65. The van der Waals surface area contributed by atoms with E-state index < -0.39 is 0 Å². The molecule has 0 radical (unpaired) electrons. The lowest BCUT2D eigenvalue weighted by molar-refractivity contribution is 0.475. The van der Waals surface area contributed by atoms with Crippen molar-refractivity contribution in [2.45, 2.75) is 41.5 Å². The van der Waals surface area contributed by atoms with Gasteiger partial charge in [0.1, 0.15) is 23.0 Å². The molecule has 0 N–H and O–H groups in total. The average Bonchev–Trinajstić information content (AvgIpc) is 3.64. The van der Waals surface area contributed by atoms with Gasteiger partial charge in [-0.25, -0.2) is 0 Å². The monoisotopic (exact) mass is 846 g/mol. The minimum atomic E-state index is -0.145. The van der Waals surface area contributed by atoms with E-state index in [0.29, 0.717) is 0 Å². The SMILES string of the molecule is Cc1ccc(-c2ccc3c(c2)B2c4cc(C)ccc4N(c4ccc(C)cc4)c4c5c6c(c(c42)O3)-n2c3ccc(C)cc3c3cc(C)cc(c32)B6c2cc(-c3ccc(C)cc3)ccc2O5)cc1. The molecule has 14 rings (SSSR count). The van der Waals surface area contributed by atoms with Gasteiger partial charge in [-0.1, -0.05) is 143 Å². The van der Waals surface area contributed by atoms with Gasteiger partial charge in [0, 0.05) is 38.6 Å². The zero-order valence-corrected chi connectivity index (χ0v) is 37.9. The van der Waals surface area contributed by atoms with Crippen LogP contribution >= 0.6 is 0 Å². The summed E-state index contributed by atoms with van der Waals surface area (Å²) < 4.78 is 17.8. The number of hydrogen-bond acceptors (Lipinski definition) is 3. The van der Waals surface area contributed by atoms with Crippen molar-refractivity contribution in [1.29, 1.82) is 0 Å². The summed E-state index contributed by atoms with van der Waals surface area (Å²) in [7, 11) is 0. The van der Waals surface area contributed by atoms with Crippen LogP contribution in [0.25, 0.3) is 49.7 Å². The first kappa shape index (κ1) is 37.7. The number of rotatable bonds is 3. The largest absolute Gasteiger partial charge is 0.456 e. The highest BCUT2D eigenvalue weighted by atomic mass is 16.5. The van der Waals surface area contributed by atoms with Gasteiger partial charge in [-0.3, -0.25) is 0 Å². The molecule has 0 saturated heterocycles. The van der Waals surface area contributed by atoms with E-state index in [1.165, 1.54) is 88.4 Å². The minimum Gasteiger partial charge on any atom is -0.456 e. The molecule has 6 heteroatoms. The molecule has 66 heavy (non-hydrogen) atoms. The molecular weight excluding hydrogens is 802 g/mol. The lowest BCUT2D eigenvalue weighted by Crippen LogP contribution is -2.63. The quantitative estimate of drug-likeness (QED) is 0.166. The van der Waals surface area contributed by atoms with E-state index in [0.717, 1.165) is 67.6 Å². The zero-order chi connectivity index (χ0) is 44.3. The Labute approximate surface area is 385 Å². The third kappa shape index (κ3) is 5.18. The van der Waals surface area contributed by atoms with Crippen LogP contribution in [-0.2, 0) is 0 Å². The smallest absolute Gasteiger partial charge is 0.256 e. The number of nitrogens with zero attached hydrogens (tertiary/aromatic N) is 2. The number of fused-ring (bicyclic) bond motifs is 13. The fourth-order valence-corrected chi connectivity index (χ4v) is 11.7. The fourth-order valence-electron chi connectivity index (χ4n) is 11.7. The lowest BCUT2D eigenvalue weighted by Gasteiger charge is -2.45. The van der Waals surface area contributed by atoms with Gasteiger partial charge in [0.05, 0.1) is 16.9 Å². The molecule has 0 spiro atoms. The summed E-state index contributed by atoms with van der Waals surface area (Å²) in [6, 6.07) is 59.1.